The van der Waals surface area contributed by atoms with E-state index in [1.54, 1.807) is 7.05 Å². The maximum atomic E-state index is 12.8. The molecule has 1 fully saturated rings. The van der Waals surface area contributed by atoms with Gasteiger partial charge < -0.3 is 5.32 Å². The van der Waals surface area contributed by atoms with E-state index in [4.69, 9.17) is 0 Å². The number of carbonyl (C=O) groups excluding carboxylic acids is 1. The lowest BCUT2D eigenvalue weighted by Crippen LogP contribution is -2.44. The van der Waals surface area contributed by atoms with Crippen LogP contribution in [-0.4, -0.2) is 18.6 Å². The van der Waals surface area contributed by atoms with Crippen molar-refractivity contribution in [3.8, 4) is 0 Å². The highest BCUT2D eigenvalue weighted by Crippen LogP contribution is 2.40. The van der Waals surface area contributed by atoms with E-state index in [0.29, 0.717) is 12.8 Å². The predicted molar refractivity (Wildman–Crippen MR) is 36.3 cm³/mol. The maximum absolute atomic E-state index is 12.8. The van der Waals surface area contributed by atoms with Crippen molar-refractivity contribution < 1.29 is 9.18 Å². The van der Waals surface area contributed by atoms with E-state index >= 15 is 0 Å². The molecule has 1 saturated carbocycles. The summed E-state index contributed by atoms with van der Waals surface area (Å²) < 4.78 is 12.8. The van der Waals surface area contributed by atoms with E-state index in [0.717, 1.165) is 0 Å². The Kier molecular flexibility index (Phi) is 1.67. The van der Waals surface area contributed by atoms with E-state index in [2.05, 4.69) is 5.32 Å². The van der Waals surface area contributed by atoms with Crippen LogP contribution in [0, 0.1) is 5.92 Å². The van der Waals surface area contributed by atoms with Crippen LogP contribution >= 0.6 is 0 Å². The first-order valence-electron chi connectivity index (χ1n) is 3.46. The second-order valence-electron chi connectivity index (χ2n) is 3.13. The van der Waals surface area contributed by atoms with Gasteiger partial charge in [-0.2, -0.15) is 0 Å². The largest absolute Gasteiger partial charge is 0.359 e. The summed E-state index contributed by atoms with van der Waals surface area (Å²) in [7, 11) is 1.58. The Bertz CT molecular complexity index is 148. The van der Waals surface area contributed by atoms with Gasteiger partial charge in [-0.3, -0.25) is 4.79 Å². The molecule has 0 atom stereocenters. The number of halogens is 1. The van der Waals surface area contributed by atoms with Crippen LogP contribution in [0.5, 0.6) is 0 Å². The summed E-state index contributed by atoms with van der Waals surface area (Å²) >= 11 is 0. The fourth-order valence-corrected chi connectivity index (χ4v) is 1.36. The summed E-state index contributed by atoms with van der Waals surface area (Å²) in [6.07, 6.45) is 0.763. The lowest BCUT2D eigenvalue weighted by atomic mass is 9.73. The summed E-state index contributed by atoms with van der Waals surface area (Å²) in [5.74, 6) is -0.116. The van der Waals surface area contributed by atoms with E-state index < -0.39 is 5.67 Å². The van der Waals surface area contributed by atoms with Gasteiger partial charge in [-0.1, -0.05) is 0 Å². The molecule has 0 aliphatic heterocycles. The van der Waals surface area contributed by atoms with Crippen LogP contribution in [0.4, 0.5) is 4.39 Å². The fraction of sp³-hybridized carbons (Fsp3) is 0.857. The number of amides is 1. The number of nitrogens with one attached hydrogen (secondary N) is 1. The van der Waals surface area contributed by atoms with Crippen molar-refractivity contribution in [2.24, 2.45) is 5.92 Å². The highest BCUT2D eigenvalue weighted by Gasteiger charge is 2.43. The molecule has 0 aromatic carbocycles. The first-order chi connectivity index (χ1) is 4.55. The van der Waals surface area contributed by atoms with Crippen LogP contribution in [-0.2, 0) is 4.79 Å². The SMILES string of the molecule is CNC(=O)C1CC(C)(F)C1. The molecule has 58 valence electrons. The normalized spacial score (nSPS) is 38.5. The molecule has 1 N–H and O–H groups in total. The number of hydrogen-bond acceptors (Lipinski definition) is 1. The van der Waals surface area contributed by atoms with E-state index in [1.807, 2.05) is 0 Å². The number of rotatable bonds is 1. The highest BCUT2D eigenvalue weighted by molar-refractivity contribution is 5.79. The molecule has 1 rings (SSSR count). The van der Waals surface area contributed by atoms with Crippen molar-refractivity contribution in [3.05, 3.63) is 0 Å². The summed E-state index contributed by atoms with van der Waals surface area (Å²) in [6.45, 7) is 1.53. The van der Waals surface area contributed by atoms with Gasteiger partial charge in [0.1, 0.15) is 5.67 Å². The summed E-state index contributed by atoms with van der Waals surface area (Å²) in [5, 5.41) is 2.50. The van der Waals surface area contributed by atoms with Gasteiger partial charge in [0.25, 0.3) is 0 Å². The molecule has 0 aromatic heterocycles. The minimum absolute atomic E-state index is 0.0323. The Morgan fingerprint density at radius 2 is 2.20 bits per heavy atom. The molecule has 2 nitrogen and oxygen atoms in total. The molecule has 0 bridgehead atoms. The van der Waals surface area contributed by atoms with Gasteiger partial charge in [0.15, 0.2) is 0 Å². The average Bonchev–Trinajstić information content (AvgIpc) is 1.81. The molecule has 0 spiro atoms. The van der Waals surface area contributed by atoms with Crippen molar-refractivity contribution in [2.45, 2.75) is 25.4 Å². The van der Waals surface area contributed by atoms with Gasteiger partial charge in [0, 0.05) is 13.0 Å². The van der Waals surface area contributed by atoms with Gasteiger partial charge in [0.05, 0.1) is 0 Å². The molecular formula is C7H12FNO. The van der Waals surface area contributed by atoms with Crippen LogP contribution in [0.2, 0.25) is 0 Å². The molecule has 3 heteroatoms. The van der Waals surface area contributed by atoms with Crippen LogP contribution < -0.4 is 5.32 Å². The number of hydrogen-bond donors (Lipinski definition) is 1. The zero-order valence-corrected chi connectivity index (χ0v) is 6.28. The summed E-state index contributed by atoms with van der Waals surface area (Å²) in [6, 6.07) is 0. The Morgan fingerprint density at radius 1 is 1.70 bits per heavy atom. The maximum Gasteiger partial charge on any atom is 0.223 e. The fourth-order valence-electron chi connectivity index (χ4n) is 1.36. The molecule has 0 unspecified atom stereocenters. The molecule has 0 saturated heterocycles. The number of alkyl halides is 1. The van der Waals surface area contributed by atoms with Crippen molar-refractivity contribution in [1.29, 1.82) is 0 Å². The van der Waals surface area contributed by atoms with Crippen molar-refractivity contribution >= 4 is 5.91 Å². The zero-order chi connectivity index (χ0) is 7.78. The van der Waals surface area contributed by atoms with Crippen molar-refractivity contribution in [2.75, 3.05) is 7.05 Å². The van der Waals surface area contributed by atoms with Crippen molar-refractivity contribution in [1.82, 2.24) is 5.32 Å². The van der Waals surface area contributed by atoms with Crippen molar-refractivity contribution in [3.63, 3.8) is 0 Å². The topological polar surface area (TPSA) is 29.1 Å². The van der Waals surface area contributed by atoms with Gasteiger partial charge in [-0.15, -0.1) is 0 Å². The molecule has 10 heavy (non-hydrogen) atoms. The quantitative estimate of drug-likeness (QED) is 0.582. The Balaban J connectivity index is 2.33. The third-order valence-corrected chi connectivity index (χ3v) is 1.96. The van der Waals surface area contributed by atoms with Crippen LogP contribution in [0.3, 0.4) is 0 Å². The second-order valence-corrected chi connectivity index (χ2v) is 3.13. The third kappa shape index (κ3) is 1.28. The molecule has 0 aromatic rings. The lowest BCUT2D eigenvalue weighted by Gasteiger charge is -2.37. The minimum atomic E-state index is -1.09. The van der Waals surface area contributed by atoms with E-state index in [9.17, 15) is 9.18 Å². The van der Waals surface area contributed by atoms with Gasteiger partial charge >= 0.3 is 0 Å². The minimum Gasteiger partial charge on any atom is -0.359 e. The molecule has 1 aliphatic rings. The molecular weight excluding hydrogens is 133 g/mol. The highest BCUT2D eigenvalue weighted by atomic mass is 19.1. The summed E-state index contributed by atoms with van der Waals surface area (Å²) in [4.78, 5) is 10.8. The molecule has 1 amide bonds. The molecule has 0 heterocycles. The average molecular weight is 145 g/mol. The Morgan fingerprint density at radius 3 is 2.50 bits per heavy atom. The van der Waals surface area contributed by atoms with Gasteiger partial charge in [-0.25, -0.2) is 4.39 Å². The monoisotopic (exact) mass is 145 g/mol. The number of carbonyl (C=O) groups is 1. The second kappa shape index (κ2) is 2.22. The van der Waals surface area contributed by atoms with E-state index in [-0.39, 0.29) is 11.8 Å². The molecule has 1 aliphatic carbocycles. The standard InChI is InChI=1S/C7H12FNO/c1-7(8)3-5(4-7)6(10)9-2/h5H,3-4H2,1-2H3,(H,9,10). The van der Waals surface area contributed by atoms with Crippen LogP contribution in [0.1, 0.15) is 19.8 Å². The summed E-state index contributed by atoms with van der Waals surface area (Å²) in [5.41, 5.74) is -1.09. The third-order valence-electron chi connectivity index (χ3n) is 1.96. The Labute approximate surface area is 59.8 Å². The van der Waals surface area contributed by atoms with Gasteiger partial charge in [-0.05, 0) is 19.8 Å². The molecule has 0 radical (unpaired) electrons. The lowest BCUT2D eigenvalue weighted by molar-refractivity contribution is -0.132. The van der Waals surface area contributed by atoms with Crippen LogP contribution in [0.15, 0.2) is 0 Å². The van der Waals surface area contributed by atoms with E-state index in [1.165, 1.54) is 6.92 Å². The van der Waals surface area contributed by atoms with Gasteiger partial charge in [0.2, 0.25) is 5.91 Å². The smallest absolute Gasteiger partial charge is 0.223 e. The zero-order valence-electron chi connectivity index (χ0n) is 6.28. The first-order valence-corrected chi connectivity index (χ1v) is 3.46. The Hall–Kier alpha value is -0.600. The first kappa shape index (κ1) is 7.51. The van der Waals surface area contributed by atoms with Crippen LogP contribution in [0.25, 0.3) is 0 Å². The predicted octanol–water partition coefficient (Wildman–Crippen LogP) is 0.871.